The molecule has 0 unspecified atom stereocenters. The number of aryl methyl sites for hydroxylation is 1. The number of rotatable bonds is 6. The van der Waals surface area contributed by atoms with Crippen LogP contribution in [0.25, 0.3) is 0 Å². The summed E-state index contributed by atoms with van der Waals surface area (Å²) in [6, 6.07) is 14.5. The molecular formula is C19H23NO4S. The molecule has 0 N–H and O–H groups in total. The summed E-state index contributed by atoms with van der Waals surface area (Å²) >= 11 is 0. The van der Waals surface area contributed by atoms with Gasteiger partial charge in [0, 0.05) is 19.6 Å². The number of benzene rings is 2. The third kappa shape index (κ3) is 5.12. The van der Waals surface area contributed by atoms with Gasteiger partial charge >= 0.3 is 0 Å². The molecular weight excluding hydrogens is 338 g/mol. The van der Waals surface area contributed by atoms with Gasteiger partial charge in [-0.25, -0.2) is 0 Å². The molecule has 0 amide bonds. The minimum Gasteiger partial charge on any atom is -0.379 e. The Morgan fingerprint density at radius 2 is 1.56 bits per heavy atom. The molecule has 2 aromatic carbocycles. The maximum absolute atomic E-state index is 12.2. The Hall–Kier alpha value is -1.73. The van der Waals surface area contributed by atoms with Crippen LogP contribution in [0.15, 0.2) is 53.4 Å². The van der Waals surface area contributed by atoms with Crippen LogP contribution in [0.1, 0.15) is 16.7 Å². The van der Waals surface area contributed by atoms with Crippen LogP contribution >= 0.6 is 0 Å². The van der Waals surface area contributed by atoms with Gasteiger partial charge in [0.25, 0.3) is 10.1 Å². The Balaban J connectivity index is 1.56. The second-order valence-corrected chi connectivity index (χ2v) is 7.85. The van der Waals surface area contributed by atoms with Crippen LogP contribution in [0.4, 0.5) is 0 Å². The first-order valence-corrected chi connectivity index (χ1v) is 9.78. The minimum absolute atomic E-state index is 0.0358. The van der Waals surface area contributed by atoms with E-state index in [-0.39, 0.29) is 11.5 Å². The second kappa shape index (κ2) is 8.10. The summed E-state index contributed by atoms with van der Waals surface area (Å²) < 4.78 is 34.9. The fourth-order valence-corrected chi connectivity index (χ4v) is 3.57. The van der Waals surface area contributed by atoms with E-state index >= 15 is 0 Å². The maximum Gasteiger partial charge on any atom is 0.297 e. The molecule has 1 heterocycles. The van der Waals surface area contributed by atoms with Gasteiger partial charge in [-0.3, -0.25) is 9.08 Å². The van der Waals surface area contributed by atoms with Crippen molar-refractivity contribution in [2.24, 2.45) is 0 Å². The summed E-state index contributed by atoms with van der Waals surface area (Å²) in [7, 11) is -3.73. The number of morpholine rings is 1. The fraction of sp³-hybridized carbons (Fsp3) is 0.368. The van der Waals surface area contributed by atoms with E-state index in [1.807, 2.05) is 31.2 Å². The monoisotopic (exact) mass is 361 g/mol. The Morgan fingerprint density at radius 1 is 0.960 bits per heavy atom. The van der Waals surface area contributed by atoms with Gasteiger partial charge in [0.15, 0.2) is 0 Å². The molecule has 2 aromatic rings. The van der Waals surface area contributed by atoms with Crippen molar-refractivity contribution in [3.05, 3.63) is 65.2 Å². The Morgan fingerprint density at radius 3 is 2.20 bits per heavy atom. The molecule has 0 atom stereocenters. The van der Waals surface area contributed by atoms with Gasteiger partial charge in [0.2, 0.25) is 0 Å². The molecule has 3 rings (SSSR count). The number of hydrogen-bond acceptors (Lipinski definition) is 5. The second-order valence-electron chi connectivity index (χ2n) is 6.23. The Labute approximate surface area is 149 Å². The summed E-state index contributed by atoms with van der Waals surface area (Å²) in [4.78, 5) is 2.53. The van der Waals surface area contributed by atoms with Crippen molar-refractivity contribution in [1.29, 1.82) is 0 Å². The molecule has 1 aliphatic rings. The van der Waals surface area contributed by atoms with Gasteiger partial charge < -0.3 is 4.74 Å². The van der Waals surface area contributed by atoms with Crippen LogP contribution in [0.3, 0.4) is 0 Å². The quantitative estimate of drug-likeness (QED) is 0.741. The topological polar surface area (TPSA) is 55.8 Å². The first-order chi connectivity index (χ1) is 12.0. The maximum atomic E-state index is 12.2. The van der Waals surface area contributed by atoms with E-state index in [1.54, 1.807) is 24.3 Å². The van der Waals surface area contributed by atoms with Crippen molar-refractivity contribution in [2.45, 2.75) is 25.0 Å². The van der Waals surface area contributed by atoms with Gasteiger partial charge in [-0.2, -0.15) is 8.42 Å². The Bertz CT molecular complexity index is 779. The van der Waals surface area contributed by atoms with E-state index in [9.17, 15) is 8.42 Å². The standard InChI is InChI=1S/C19H23NO4S/c1-16-2-8-19(9-3-16)25(21,22)24-15-18-6-4-17(5-7-18)14-20-10-12-23-13-11-20/h2-9H,10-15H2,1H3. The minimum atomic E-state index is -3.73. The molecule has 0 spiro atoms. The van der Waals surface area contributed by atoms with Crippen LogP contribution in [0.5, 0.6) is 0 Å². The van der Waals surface area contributed by atoms with E-state index in [0.717, 1.165) is 44.0 Å². The van der Waals surface area contributed by atoms with Crippen LogP contribution < -0.4 is 0 Å². The van der Waals surface area contributed by atoms with E-state index < -0.39 is 10.1 Å². The molecule has 0 aromatic heterocycles. The third-order valence-electron chi connectivity index (χ3n) is 4.22. The summed E-state index contributed by atoms with van der Waals surface area (Å²) in [6.45, 7) is 6.28. The van der Waals surface area contributed by atoms with E-state index in [4.69, 9.17) is 8.92 Å². The van der Waals surface area contributed by atoms with E-state index in [2.05, 4.69) is 4.90 Å². The van der Waals surface area contributed by atoms with Crippen molar-refractivity contribution >= 4 is 10.1 Å². The average molecular weight is 361 g/mol. The smallest absolute Gasteiger partial charge is 0.297 e. The van der Waals surface area contributed by atoms with Crippen LogP contribution in [-0.2, 0) is 32.2 Å². The highest BCUT2D eigenvalue weighted by Gasteiger charge is 2.15. The lowest BCUT2D eigenvalue weighted by molar-refractivity contribution is 0.0342. The summed E-state index contributed by atoms with van der Waals surface area (Å²) in [5, 5.41) is 0. The highest BCUT2D eigenvalue weighted by atomic mass is 32.2. The average Bonchev–Trinajstić information content (AvgIpc) is 2.62. The van der Waals surface area contributed by atoms with E-state index in [0.29, 0.717) is 0 Å². The Kier molecular flexibility index (Phi) is 5.86. The zero-order valence-electron chi connectivity index (χ0n) is 14.3. The molecule has 0 saturated carbocycles. The van der Waals surface area contributed by atoms with Crippen molar-refractivity contribution in [1.82, 2.24) is 4.90 Å². The molecule has 1 aliphatic heterocycles. The highest BCUT2D eigenvalue weighted by Crippen LogP contribution is 2.16. The summed E-state index contributed by atoms with van der Waals surface area (Å²) in [5.41, 5.74) is 3.04. The number of ether oxygens (including phenoxy) is 1. The lowest BCUT2D eigenvalue weighted by Gasteiger charge is -2.26. The van der Waals surface area contributed by atoms with Gasteiger partial charge in [-0.1, -0.05) is 42.0 Å². The number of nitrogens with zero attached hydrogens (tertiary/aromatic N) is 1. The molecule has 1 fully saturated rings. The summed E-state index contributed by atoms with van der Waals surface area (Å²) in [6.07, 6.45) is 0. The van der Waals surface area contributed by atoms with Crippen molar-refractivity contribution in [3.63, 3.8) is 0 Å². The SMILES string of the molecule is Cc1ccc(S(=O)(=O)OCc2ccc(CN3CCOCC3)cc2)cc1. The first-order valence-electron chi connectivity index (χ1n) is 8.37. The fourth-order valence-electron chi connectivity index (χ4n) is 2.68. The largest absolute Gasteiger partial charge is 0.379 e. The summed E-state index contributed by atoms with van der Waals surface area (Å²) in [5.74, 6) is 0. The normalized spacial score (nSPS) is 16.0. The van der Waals surface area contributed by atoms with Crippen LogP contribution in [0.2, 0.25) is 0 Å². The van der Waals surface area contributed by atoms with E-state index in [1.165, 1.54) is 5.56 Å². The van der Waals surface area contributed by atoms with Gasteiger partial charge in [-0.15, -0.1) is 0 Å². The predicted octanol–water partition coefficient (Wildman–Crippen LogP) is 2.73. The molecule has 0 aliphatic carbocycles. The molecule has 25 heavy (non-hydrogen) atoms. The lowest BCUT2D eigenvalue weighted by atomic mass is 10.1. The molecule has 0 radical (unpaired) electrons. The molecule has 6 heteroatoms. The molecule has 1 saturated heterocycles. The zero-order chi connectivity index (χ0) is 17.7. The predicted molar refractivity (Wildman–Crippen MR) is 95.7 cm³/mol. The van der Waals surface area contributed by atoms with Crippen LogP contribution in [0, 0.1) is 6.92 Å². The number of hydrogen-bond donors (Lipinski definition) is 0. The van der Waals surface area contributed by atoms with Crippen molar-refractivity contribution in [2.75, 3.05) is 26.3 Å². The molecule has 134 valence electrons. The van der Waals surface area contributed by atoms with Crippen LogP contribution in [-0.4, -0.2) is 39.6 Å². The van der Waals surface area contributed by atoms with Gasteiger partial charge in [0.1, 0.15) is 0 Å². The lowest BCUT2D eigenvalue weighted by Crippen LogP contribution is -2.35. The first kappa shape index (κ1) is 18.1. The van der Waals surface area contributed by atoms with Crippen molar-refractivity contribution in [3.8, 4) is 0 Å². The highest BCUT2D eigenvalue weighted by molar-refractivity contribution is 7.86. The van der Waals surface area contributed by atoms with Gasteiger partial charge in [0.05, 0.1) is 24.7 Å². The van der Waals surface area contributed by atoms with Crippen molar-refractivity contribution < 1.29 is 17.3 Å². The molecule has 5 nitrogen and oxygen atoms in total. The van der Waals surface area contributed by atoms with Gasteiger partial charge in [-0.05, 0) is 30.2 Å². The third-order valence-corrected chi connectivity index (χ3v) is 5.50. The zero-order valence-corrected chi connectivity index (χ0v) is 15.2. The molecule has 0 bridgehead atoms.